The van der Waals surface area contributed by atoms with Crippen molar-refractivity contribution in [2.45, 2.75) is 25.2 Å². The quantitative estimate of drug-likeness (QED) is 0.856. The van der Waals surface area contributed by atoms with E-state index in [9.17, 15) is 4.79 Å². The van der Waals surface area contributed by atoms with Crippen LogP contribution >= 0.6 is 23.1 Å². The molecule has 0 aliphatic heterocycles. The molecule has 1 heterocycles. The maximum atomic E-state index is 12.2. The first-order valence-electron chi connectivity index (χ1n) is 6.37. The lowest BCUT2D eigenvalue weighted by Gasteiger charge is -2.05. The number of rotatable bonds is 5. The van der Waals surface area contributed by atoms with Gasteiger partial charge >= 0.3 is 0 Å². The molecule has 0 atom stereocenters. The van der Waals surface area contributed by atoms with Gasteiger partial charge in [-0.3, -0.25) is 10.1 Å². The molecular weight excluding hydrogens is 290 g/mol. The second-order valence-electron chi connectivity index (χ2n) is 4.75. The highest BCUT2D eigenvalue weighted by atomic mass is 32.2. The average Bonchev–Trinajstić information content (AvgIpc) is 2.85. The molecule has 0 unspecified atom stereocenters. The topological polar surface area (TPSA) is 54.9 Å². The summed E-state index contributed by atoms with van der Waals surface area (Å²) in [6.45, 7) is 4.27. The number of hydrogen-bond donors (Lipinski definition) is 1. The number of hydrogen-bond acceptors (Lipinski definition) is 5. The van der Waals surface area contributed by atoms with Gasteiger partial charge in [0.15, 0.2) is 0 Å². The number of carbonyl (C=O) groups is 1. The Labute approximate surface area is 127 Å². The van der Waals surface area contributed by atoms with Crippen LogP contribution < -0.4 is 5.32 Å². The SMILES string of the molecule is CSc1ccccc1C(=O)Nc1nnc(CC(C)C)s1. The van der Waals surface area contributed by atoms with E-state index in [0.717, 1.165) is 16.3 Å². The second kappa shape index (κ2) is 6.85. The van der Waals surface area contributed by atoms with Gasteiger partial charge in [0.05, 0.1) is 5.56 Å². The minimum Gasteiger partial charge on any atom is -0.296 e. The second-order valence-corrected chi connectivity index (χ2v) is 6.66. The van der Waals surface area contributed by atoms with Crippen molar-refractivity contribution in [3.05, 3.63) is 34.8 Å². The molecular formula is C14H17N3OS2. The summed E-state index contributed by atoms with van der Waals surface area (Å²) in [5, 5.41) is 12.4. The summed E-state index contributed by atoms with van der Waals surface area (Å²) in [5.74, 6) is 0.394. The van der Waals surface area contributed by atoms with E-state index in [-0.39, 0.29) is 5.91 Å². The van der Waals surface area contributed by atoms with Crippen molar-refractivity contribution in [2.24, 2.45) is 5.92 Å². The number of nitrogens with one attached hydrogen (secondary N) is 1. The molecule has 20 heavy (non-hydrogen) atoms. The van der Waals surface area contributed by atoms with Gasteiger partial charge in [-0.25, -0.2) is 0 Å². The molecule has 1 aromatic carbocycles. The molecule has 2 aromatic rings. The summed E-state index contributed by atoms with van der Waals surface area (Å²) in [5.41, 5.74) is 0.667. The van der Waals surface area contributed by atoms with E-state index < -0.39 is 0 Å². The molecule has 0 fully saturated rings. The Morgan fingerprint density at radius 2 is 2.10 bits per heavy atom. The molecule has 2 rings (SSSR count). The molecule has 1 aromatic heterocycles. The van der Waals surface area contributed by atoms with Crippen LogP contribution in [0.4, 0.5) is 5.13 Å². The number of anilines is 1. The van der Waals surface area contributed by atoms with E-state index in [4.69, 9.17) is 0 Å². The van der Waals surface area contributed by atoms with E-state index >= 15 is 0 Å². The molecule has 6 heteroatoms. The minimum atomic E-state index is -0.137. The van der Waals surface area contributed by atoms with Crippen LogP contribution in [0.25, 0.3) is 0 Å². The molecule has 1 amide bonds. The van der Waals surface area contributed by atoms with Crippen molar-refractivity contribution in [3.8, 4) is 0 Å². The van der Waals surface area contributed by atoms with Crippen LogP contribution in [0.3, 0.4) is 0 Å². The lowest BCUT2D eigenvalue weighted by Crippen LogP contribution is -2.12. The monoisotopic (exact) mass is 307 g/mol. The highest BCUT2D eigenvalue weighted by Gasteiger charge is 2.13. The first-order valence-corrected chi connectivity index (χ1v) is 8.41. The van der Waals surface area contributed by atoms with Crippen molar-refractivity contribution in [1.29, 1.82) is 0 Å². The number of nitrogens with zero attached hydrogens (tertiary/aromatic N) is 2. The van der Waals surface area contributed by atoms with Gasteiger partial charge in [0.25, 0.3) is 5.91 Å². The van der Waals surface area contributed by atoms with Crippen LogP contribution in [0.1, 0.15) is 29.2 Å². The Balaban J connectivity index is 2.09. The third-order valence-corrected chi connectivity index (χ3v) is 4.28. The first kappa shape index (κ1) is 15.0. The van der Waals surface area contributed by atoms with Gasteiger partial charge < -0.3 is 0 Å². The maximum absolute atomic E-state index is 12.2. The predicted molar refractivity (Wildman–Crippen MR) is 84.6 cm³/mol. The minimum absolute atomic E-state index is 0.137. The smallest absolute Gasteiger partial charge is 0.258 e. The normalized spacial score (nSPS) is 10.8. The lowest BCUT2D eigenvalue weighted by molar-refractivity contribution is 0.102. The van der Waals surface area contributed by atoms with Crippen LogP contribution in [-0.2, 0) is 6.42 Å². The molecule has 1 N–H and O–H groups in total. The fourth-order valence-electron chi connectivity index (χ4n) is 1.73. The molecule has 0 radical (unpaired) electrons. The Morgan fingerprint density at radius 1 is 1.35 bits per heavy atom. The molecule has 0 spiro atoms. The lowest BCUT2D eigenvalue weighted by atomic mass is 10.1. The Morgan fingerprint density at radius 3 is 2.80 bits per heavy atom. The number of carbonyl (C=O) groups excluding carboxylic acids is 1. The van der Waals surface area contributed by atoms with E-state index in [0.29, 0.717) is 16.6 Å². The summed E-state index contributed by atoms with van der Waals surface area (Å²) >= 11 is 2.99. The number of thioether (sulfide) groups is 1. The predicted octanol–water partition coefficient (Wildman–Crippen LogP) is 3.71. The summed E-state index contributed by atoms with van der Waals surface area (Å²) < 4.78 is 0. The summed E-state index contributed by atoms with van der Waals surface area (Å²) in [7, 11) is 0. The molecule has 0 saturated carbocycles. The van der Waals surface area contributed by atoms with Gasteiger partial charge in [-0.1, -0.05) is 37.3 Å². The van der Waals surface area contributed by atoms with Crippen LogP contribution in [0.5, 0.6) is 0 Å². The van der Waals surface area contributed by atoms with Crippen LogP contribution in [0.15, 0.2) is 29.2 Å². The Kier molecular flexibility index (Phi) is 5.14. The number of aromatic nitrogens is 2. The Hall–Kier alpha value is -1.40. The van der Waals surface area contributed by atoms with E-state index in [2.05, 4.69) is 29.4 Å². The summed E-state index contributed by atoms with van der Waals surface area (Å²) in [6, 6.07) is 7.54. The van der Waals surface area contributed by atoms with Crippen molar-refractivity contribution in [2.75, 3.05) is 11.6 Å². The molecule has 106 valence electrons. The zero-order valence-electron chi connectivity index (χ0n) is 11.7. The third-order valence-electron chi connectivity index (χ3n) is 2.62. The van der Waals surface area contributed by atoms with Gasteiger partial charge in [0, 0.05) is 11.3 Å². The van der Waals surface area contributed by atoms with E-state index in [1.807, 2.05) is 30.5 Å². The largest absolute Gasteiger partial charge is 0.296 e. The highest BCUT2D eigenvalue weighted by Crippen LogP contribution is 2.23. The number of benzene rings is 1. The first-order chi connectivity index (χ1) is 9.60. The van der Waals surface area contributed by atoms with Gasteiger partial charge in [0.1, 0.15) is 5.01 Å². The summed E-state index contributed by atoms with van der Waals surface area (Å²) in [6.07, 6.45) is 2.84. The van der Waals surface area contributed by atoms with Gasteiger partial charge in [-0.2, -0.15) is 0 Å². The van der Waals surface area contributed by atoms with Crippen LogP contribution in [0.2, 0.25) is 0 Å². The number of amides is 1. The third kappa shape index (κ3) is 3.80. The fraction of sp³-hybridized carbons (Fsp3) is 0.357. The summed E-state index contributed by atoms with van der Waals surface area (Å²) in [4.78, 5) is 13.2. The molecule has 4 nitrogen and oxygen atoms in total. The zero-order chi connectivity index (χ0) is 14.5. The van der Waals surface area contributed by atoms with E-state index in [1.54, 1.807) is 11.8 Å². The zero-order valence-corrected chi connectivity index (χ0v) is 13.3. The van der Waals surface area contributed by atoms with Crippen molar-refractivity contribution in [1.82, 2.24) is 10.2 Å². The maximum Gasteiger partial charge on any atom is 0.258 e. The van der Waals surface area contributed by atoms with Crippen LogP contribution in [0, 0.1) is 5.92 Å². The van der Waals surface area contributed by atoms with Gasteiger partial charge in [-0.15, -0.1) is 22.0 Å². The van der Waals surface area contributed by atoms with E-state index in [1.165, 1.54) is 11.3 Å². The molecule has 0 aliphatic carbocycles. The average molecular weight is 307 g/mol. The standard InChI is InChI=1S/C14H17N3OS2/c1-9(2)8-12-16-17-14(20-12)15-13(18)10-6-4-5-7-11(10)19-3/h4-7,9H,8H2,1-3H3,(H,15,17,18). The Bertz CT molecular complexity index is 596. The van der Waals surface area contributed by atoms with Crippen molar-refractivity contribution < 1.29 is 4.79 Å². The van der Waals surface area contributed by atoms with Crippen LogP contribution in [-0.4, -0.2) is 22.4 Å². The highest BCUT2D eigenvalue weighted by molar-refractivity contribution is 7.98. The van der Waals surface area contributed by atoms with Crippen molar-refractivity contribution in [3.63, 3.8) is 0 Å². The van der Waals surface area contributed by atoms with Crippen molar-refractivity contribution >= 4 is 34.1 Å². The molecule has 0 saturated heterocycles. The molecule has 0 bridgehead atoms. The molecule has 0 aliphatic rings. The van der Waals surface area contributed by atoms with Gasteiger partial charge in [-0.05, 0) is 24.3 Å². The van der Waals surface area contributed by atoms with Gasteiger partial charge in [0.2, 0.25) is 5.13 Å². The fourth-order valence-corrected chi connectivity index (χ4v) is 3.27.